The summed E-state index contributed by atoms with van der Waals surface area (Å²) in [6.07, 6.45) is 5.71. The molecule has 2 rings (SSSR count). The van der Waals surface area contributed by atoms with E-state index in [-0.39, 0.29) is 0 Å². The van der Waals surface area contributed by atoms with Crippen LogP contribution < -0.4 is 5.32 Å². The number of nitrogens with one attached hydrogen (secondary N) is 1. The third-order valence-electron chi connectivity index (χ3n) is 4.57. The molecule has 2 fully saturated rings. The molecular weight excluding hydrogens is 184 g/mol. The minimum Gasteiger partial charge on any atom is -0.316 e. The van der Waals surface area contributed by atoms with Gasteiger partial charge in [0.15, 0.2) is 0 Å². The van der Waals surface area contributed by atoms with Crippen LogP contribution in [-0.4, -0.2) is 37.1 Å². The van der Waals surface area contributed by atoms with Gasteiger partial charge in [-0.2, -0.15) is 0 Å². The van der Waals surface area contributed by atoms with Gasteiger partial charge in [0.1, 0.15) is 0 Å². The average Bonchev–Trinajstić information content (AvgIpc) is 2.66. The summed E-state index contributed by atoms with van der Waals surface area (Å²) < 4.78 is 0. The molecule has 2 aliphatic heterocycles. The van der Waals surface area contributed by atoms with Crippen LogP contribution in [0.4, 0.5) is 0 Å². The summed E-state index contributed by atoms with van der Waals surface area (Å²) >= 11 is 0. The van der Waals surface area contributed by atoms with Crippen molar-refractivity contribution in [3.63, 3.8) is 0 Å². The summed E-state index contributed by atoms with van der Waals surface area (Å²) in [7, 11) is 2.28. The highest BCUT2D eigenvalue weighted by Crippen LogP contribution is 2.32. The Labute approximate surface area is 94.4 Å². The van der Waals surface area contributed by atoms with Gasteiger partial charge >= 0.3 is 0 Å². The van der Waals surface area contributed by atoms with Crippen LogP contribution in [0.3, 0.4) is 0 Å². The molecule has 2 nitrogen and oxygen atoms in total. The van der Waals surface area contributed by atoms with Crippen molar-refractivity contribution in [1.29, 1.82) is 0 Å². The maximum atomic E-state index is 3.48. The smallest absolute Gasteiger partial charge is 0.00693 e. The molecule has 0 aromatic heterocycles. The lowest BCUT2D eigenvalue weighted by Gasteiger charge is -2.41. The van der Waals surface area contributed by atoms with Crippen molar-refractivity contribution in [2.75, 3.05) is 20.1 Å². The molecular formula is C13H26N2. The highest BCUT2D eigenvalue weighted by Gasteiger charge is 2.30. The third-order valence-corrected chi connectivity index (χ3v) is 4.57. The van der Waals surface area contributed by atoms with Gasteiger partial charge in [-0.25, -0.2) is 0 Å². The van der Waals surface area contributed by atoms with E-state index in [1.807, 2.05) is 0 Å². The molecule has 2 aliphatic rings. The number of rotatable bonds is 2. The fourth-order valence-electron chi connectivity index (χ4n) is 3.41. The fraction of sp³-hybridized carbons (Fsp3) is 1.00. The molecule has 0 saturated carbocycles. The molecule has 0 aromatic carbocycles. The molecule has 0 spiro atoms. The largest absolute Gasteiger partial charge is 0.316 e. The lowest BCUT2D eigenvalue weighted by atomic mass is 9.81. The molecule has 2 heteroatoms. The zero-order valence-electron chi connectivity index (χ0n) is 10.5. The zero-order chi connectivity index (χ0) is 10.8. The Kier molecular flexibility index (Phi) is 3.68. The van der Waals surface area contributed by atoms with Gasteiger partial charge in [-0.15, -0.1) is 0 Å². The summed E-state index contributed by atoms with van der Waals surface area (Å²) in [4.78, 5) is 2.55. The van der Waals surface area contributed by atoms with Gasteiger partial charge in [0.25, 0.3) is 0 Å². The number of hydrogen-bond acceptors (Lipinski definition) is 2. The summed E-state index contributed by atoms with van der Waals surface area (Å²) in [6, 6.07) is 1.57. The fourth-order valence-corrected chi connectivity index (χ4v) is 3.41. The quantitative estimate of drug-likeness (QED) is 0.751. The Bertz CT molecular complexity index is 187. The van der Waals surface area contributed by atoms with Crippen molar-refractivity contribution in [2.24, 2.45) is 11.8 Å². The van der Waals surface area contributed by atoms with E-state index in [0.717, 1.165) is 23.9 Å². The molecule has 2 saturated heterocycles. The molecule has 4 atom stereocenters. The Morgan fingerprint density at radius 2 is 1.80 bits per heavy atom. The van der Waals surface area contributed by atoms with Gasteiger partial charge in [-0.3, -0.25) is 0 Å². The highest BCUT2D eigenvalue weighted by molar-refractivity contribution is 4.85. The van der Waals surface area contributed by atoms with Crippen molar-refractivity contribution in [3.05, 3.63) is 0 Å². The van der Waals surface area contributed by atoms with Crippen molar-refractivity contribution in [1.82, 2.24) is 10.2 Å². The Morgan fingerprint density at radius 1 is 1.13 bits per heavy atom. The lowest BCUT2D eigenvalue weighted by Crippen LogP contribution is -2.44. The Balaban J connectivity index is 1.82. The van der Waals surface area contributed by atoms with E-state index in [1.54, 1.807) is 0 Å². The van der Waals surface area contributed by atoms with E-state index in [4.69, 9.17) is 0 Å². The standard InChI is InChI=1S/C13H26N2/c1-10-6-13(7-11(2)15(10)3)8-12-4-5-14-9-12/h10-14H,4-9H2,1-3H3/t10-,11+,12?,13?. The van der Waals surface area contributed by atoms with Gasteiger partial charge in [-0.1, -0.05) is 0 Å². The molecule has 0 aliphatic carbocycles. The maximum Gasteiger partial charge on any atom is 0.00693 e. The monoisotopic (exact) mass is 210 g/mol. The molecule has 1 N–H and O–H groups in total. The SMILES string of the molecule is C[C@@H]1CC(CC2CCNC2)C[C@H](C)N1C. The molecule has 0 aromatic rings. The maximum absolute atomic E-state index is 3.48. The van der Waals surface area contributed by atoms with Crippen LogP contribution in [0.25, 0.3) is 0 Å². The third kappa shape index (κ3) is 2.73. The number of nitrogens with zero attached hydrogens (tertiary/aromatic N) is 1. The first-order valence-corrected chi connectivity index (χ1v) is 6.59. The van der Waals surface area contributed by atoms with E-state index in [1.165, 1.54) is 38.8 Å². The first kappa shape index (κ1) is 11.4. The minimum atomic E-state index is 0.785. The van der Waals surface area contributed by atoms with Crippen molar-refractivity contribution in [2.45, 2.75) is 51.6 Å². The number of hydrogen-bond donors (Lipinski definition) is 1. The van der Waals surface area contributed by atoms with Gasteiger partial charge in [0, 0.05) is 12.1 Å². The van der Waals surface area contributed by atoms with E-state index < -0.39 is 0 Å². The van der Waals surface area contributed by atoms with Crippen LogP contribution in [0.5, 0.6) is 0 Å². The Hall–Kier alpha value is -0.0800. The van der Waals surface area contributed by atoms with Crippen LogP contribution in [0, 0.1) is 11.8 Å². The number of likely N-dealkylation sites (tertiary alicyclic amines) is 1. The molecule has 0 bridgehead atoms. The summed E-state index contributed by atoms with van der Waals surface area (Å²) in [5, 5.41) is 3.48. The molecule has 0 amide bonds. The first-order valence-electron chi connectivity index (χ1n) is 6.59. The van der Waals surface area contributed by atoms with Crippen molar-refractivity contribution >= 4 is 0 Å². The van der Waals surface area contributed by atoms with Gasteiger partial charge < -0.3 is 10.2 Å². The Morgan fingerprint density at radius 3 is 2.33 bits per heavy atom. The van der Waals surface area contributed by atoms with E-state index in [9.17, 15) is 0 Å². The molecule has 0 radical (unpaired) electrons. The second-order valence-corrected chi connectivity index (χ2v) is 5.80. The predicted octanol–water partition coefficient (Wildman–Crippen LogP) is 2.10. The van der Waals surface area contributed by atoms with Gasteiger partial charge in [-0.05, 0) is 71.5 Å². The van der Waals surface area contributed by atoms with Crippen LogP contribution in [0.2, 0.25) is 0 Å². The van der Waals surface area contributed by atoms with Crippen LogP contribution >= 0.6 is 0 Å². The lowest BCUT2D eigenvalue weighted by molar-refractivity contribution is 0.0881. The van der Waals surface area contributed by atoms with Crippen molar-refractivity contribution in [3.8, 4) is 0 Å². The van der Waals surface area contributed by atoms with Crippen LogP contribution in [0.15, 0.2) is 0 Å². The topological polar surface area (TPSA) is 15.3 Å². The molecule has 88 valence electrons. The highest BCUT2D eigenvalue weighted by atomic mass is 15.2. The summed E-state index contributed by atoms with van der Waals surface area (Å²) in [6.45, 7) is 7.29. The number of piperidine rings is 1. The molecule has 2 heterocycles. The van der Waals surface area contributed by atoms with Gasteiger partial charge in [0.05, 0.1) is 0 Å². The van der Waals surface area contributed by atoms with E-state index in [0.29, 0.717) is 0 Å². The van der Waals surface area contributed by atoms with E-state index in [2.05, 4.69) is 31.1 Å². The molecule has 15 heavy (non-hydrogen) atoms. The van der Waals surface area contributed by atoms with Crippen LogP contribution in [0.1, 0.15) is 39.5 Å². The second kappa shape index (κ2) is 4.84. The predicted molar refractivity (Wildman–Crippen MR) is 65.0 cm³/mol. The van der Waals surface area contributed by atoms with Crippen molar-refractivity contribution < 1.29 is 0 Å². The molecule has 2 unspecified atom stereocenters. The van der Waals surface area contributed by atoms with Gasteiger partial charge in [0.2, 0.25) is 0 Å². The first-order chi connectivity index (χ1) is 7.16. The zero-order valence-corrected chi connectivity index (χ0v) is 10.5. The average molecular weight is 210 g/mol. The van der Waals surface area contributed by atoms with Crippen LogP contribution in [-0.2, 0) is 0 Å². The second-order valence-electron chi connectivity index (χ2n) is 5.80. The minimum absolute atomic E-state index is 0.785. The summed E-state index contributed by atoms with van der Waals surface area (Å²) in [5.41, 5.74) is 0. The summed E-state index contributed by atoms with van der Waals surface area (Å²) in [5.74, 6) is 1.95. The van der Waals surface area contributed by atoms with E-state index >= 15 is 0 Å². The normalized spacial score (nSPS) is 43.4.